The number of amides is 1. The lowest BCUT2D eigenvalue weighted by Crippen LogP contribution is -2.50. The van der Waals surface area contributed by atoms with E-state index < -0.39 is 18.6 Å². The van der Waals surface area contributed by atoms with Crippen molar-refractivity contribution in [1.29, 1.82) is 0 Å². The van der Waals surface area contributed by atoms with E-state index in [-0.39, 0.29) is 13.1 Å². The van der Waals surface area contributed by atoms with Crippen LogP contribution in [0.15, 0.2) is 0 Å². The Morgan fingerprint density at radius 3 is 2.47 bits per heavy atom. The predicted octanol–water partition coefficient (Wildman–Crippen LogP) is 1.08. The number of carbonyl (C=O) groups is 1. The number of piperazine rings is 1. The van der Waals surface area contributed by atoms with Gasteiger partial charge in [0.2, 0.25) is 5.91 Å². The van der Waals surface area contributed by atoms with E-state index in [1.807, 2.05) is 11.8 Å². The van der Waals surface area contributed by atoms with Gasteiger partial charge in [0.25, 0.3) is 0 Å². The van der Waals surface area contributed by atoms with E-state index in [0.29, 0.717) is 19.5 Å². The first-order chi connectivity index (χ1) is 8.92. The Morgan fingerprint density at radius 1 is 1.32 bits per heavy atom. The lowest BCUT2D eigenvalue weighted by molar-refractivity contribution is -0.162. The Morgan fingerprint density at radius 2 is 1.95 bits per heavy atom. The number of nitrogens with one attached hydrogen (secondary N) is 1. The molecule has 4 nitrogen and oxygen atoms in total. The SMILES string of the molecule is CCCCN(CC(F)(F)F)C(=O)CN1CCNCC1. The van der Waals surface area contributed by atoms with Crippen molar-refractivity contribution in [3.63, 3.8) is 0 Å². The fraction of sp³-hybridized carbons (Fsp3) is 0.917. The van der Waals surface area contributed by atoms with Crippen molar-refractivity contribution in [2.24, 2.45) is 0 Å². The minimum absolute atomic E-state index is 0.0848. The van der Waals surface area contributed by atoms with Gasteiger partial charge in [-0.15, -0.1) is 0 Å². The van der Waals surface area contributed by atoms with E-state index in [4.69, 9.17) is 0 Å². The molecule has 0 spiro atoms. The van der Waals surface area contributed by atoms with E-state index >= 15 is 0 Å². The molecule has 1 fully saturated rings. The third-order valence-electron chi connectivity index (χ3n) is 3.07. The molecule has 19 heavy (non-hydrogen) atoms. The molecule has 0 bridgehead atoms. The monoisotopic (exact) mass is 281 g/mol. The minimum Gasteiger partial charge on any atom is -0.332 e. The van der Waals surface area contributed by atoms with Crippen molar-refractivity contribution in [1.82, 2.24) is 15.1 Å². The van der Waals surface area contributed by atoms with Crippen LogP contribution in [0.5, 0.6) is 0 Å². The summed E-state index contributed by atoms with van der Waals surface area (Å²) in [6.45, 7) is 3.99. The molecule has 1 rings (SSSR count). The van der Waals surface area contributed by atoms with Gasteiger partial charge in [0.1, 0.15) is 6.54 Å². The van der Waals surface area contributed by atoms with E-state index in [2.05, 4.69) is 5.32 Å². The molecule has 0 saturated carbocycles. The number of unbranched alkanes of at least 4 members (excludes halogenated alkanes) is 1. The largest absolute Gasteiger partial charge is 0.406 e. The average Bonchev–Trinajstić information content (AvgIpc) is 2.34. The van der Waals surface area contributed by atoms with Gasteiger partial charge in [-0.05, 0) is 6.42 Å². The molecule has 0 atom stereocenters. The van der Waals surface area contributed by atoms with Crippen LogP contribution < -0.4 is 5.32 Å². The molecule has 0 unspecified atom stereocenters. The summed E-state index contributed by atoms with van der Waals surface area (Å²) in [7, 11) is 0. The first-order valence-electron chi connectivity index (χ1n) is 6.70. The standard InChI is InChI=1S/C12H22F3N3O/c1-2-3-6-18(10-12(13,14)15)11(19)9-17-7-4-16-5-8-17/h16H,2-10H2,1H3. The van der Waals surface area contributed by atoms with Crippen LogP contribution in [-0.4, -0.2) is 67.7 Å². The van der Waals surface area contributed by atoms with Gasteiger partial charge in [-0.2, -0.15) is 13.2 Å². The summed E-state index contributed by atoms with van der Waals surface area (Å²) < 4.78 is 37.4. The van der Waals surface area contributed by atoms with Gasteiger partial charge in [0.15, 0.2) is 0 Å². The lowest BCUT2D eigenvalue weighted by Gasteiger charge is -2.30. The van der Waals surface area contributed by atoms with Crippen molar-refractivity contribution < 1.29 is 18.0 Å². The van der Waals surface area contributed by atoms with Crippen LogP contribution in [0.3, 0.4) is 0 Å². The first kappa shape index (κ1) is 16.2. The van der Waals surface area contributed by atoms with Crippen LogP contribution in [0.1, 0.15) is 19.8 Å². The normalized spacial score (nSPS) is 17.5. The zero-order valence-corrected chi connectivity index (χ0v) is 11.3. The highest BCUT2D eigenvalue weighted by atomic mass is 19.4. The highest BCUT2D eigenvalue weighted by molar-refractivity contribution is 5.78. The summed E-state index contributed by atoms with van der Waals surface area (Å²) >= 11 is 0. The minimum atomic E-state index is -4.33. The van der Waals surface area contributed by atoms with Gasteiger partial charge < -0.3 is 10.2 Å². The number of alkyl halides is 3. The Labute approximate surface area is 111 Å². The van der Waals surface area contributed by atoms with Crippen LogP contribution in [0.2, 0.25) is 0 Å². The average molecular weight is 281 g/mol. The highest BCUT2D eigenvalue weighted by Crippen LogP contribution is 2.17. The first-order valence-corrected chi connectivity index (χ1v) is 6.70. The predicted molar refractivity (Wildman–Crippen MR) is 66.9 cm³/mol. The Hall–Kier alpha value is -0.820. The van der Waals surface area contributed by atoms with Crippen molar-refractivity contribution in [2.45, 2.75) is 25.9 Å². The van der Waals surface area contributed by atoms with Crippen molar-refractivity contribution >= 4 is 5.91 Å². The molecule has 1 N–H and O–H groups in total. The topological polar surface area (TPSA) is 35.6 Å². The summed E-state index contributed by atoms with van der Waals surface area (Å²) in [6.07, 6.45) is -2.95. The maximum atomic E-state index is 12.5. The maximum Gasteiger partial charge on any atom is 0.406 e. The molecular formula is C12H22F3N3O. The molecule has 1 aliphatic rings. The van der Waals surface area contributed by atoms with E-state index in [1.54, 1.807) is 0 Å². The number of rotatable bonds is 6. The van der Waals surface area contributed by atoms with E-state index in [0.717, 1.165) is 24.4 Å². The van der Waals surface area contributed by atoms with Crippen LogP contribution in [0.25, 0.3) is 0 Å². The molecule has 0 aromatic heterocycles. The van der Waals surface area contributed by atoms with Crippen LogP contribution in [0, 0.1) is 0 Å². The van der Waals surface area contributed by atoms with Crippen LogP contribution in [-0.2, 0) is 4.79 Å². The molecule has 1 heterocycles. The summed E-state index contributed by atoms with van der Waals surface area (Å²) in [5.74, 6) is -0.423. The fourth-order valence-electron chi connectivity index (χ4n) is 2.02. The smallest absolute Gasteiger partial charge is 0.332 e. The summed E-state index contributed by atoms with van der Waals surface area (Å²) in [4.78, 5) is 14.8. The van der Waals surface area contributed by atoms with Crippen molar-refractivity contribution in [3.05, 3.63) is 0 Å². The second kappa shape index (κ2) is 7.69. The van der Waals surface area contributed by atoms with Gasteiger partial charge in [-0.3, -0.25) is 9.69 Å². The number of nitrogens with zero attached hydrogens (tertiary/aromatic N) is 2. The fourth-order valence-corrected chi connectivity index (χ4v) is 2.02. The molecule has 1 amide bonds. The molecule has 1 saturated heterocycles. The quantitative estimate of drug-likeness (QED) is 0.791. The second-order valence-corrected chi connectivity index (χ2v) is 4.81. The third kappa shape index (κ3) is 6.77. The summed E-state index contributed by atoms with van der Waals surface area (Å²) in [5.41, 5.74) is 0. The molecule has 0 aliphatic carbocycles. The van der Waals surface area contributed by atoms with Gasteiger partial charge >= 0.3 is 6.18 Å². The van der Waals surface area contributed by atoms with Gasteiger partial charge in [-0.1, -0.05) is 13.3 Å². The molecule has 7 heteroatoms. The van der Waals surface area contributed by atoms with Crippen molar-refractivity contribution in [2.75, 3.05) is 45.8 Å². The number of hydrogen-bond donors (Lipinski definition) is 1. The van der Waals surface area contributed by atoms with E-state index in [1.165, 1.54) is 0 Å². The molecule has 0 aromatic carbocycles. The van der Waals surface area contributed by atoms with Crippen LogP contribution >= 0.6 is 0 Å². The molecule has 112 valence electrons. The second-order valence-electron chi connectivity index (χ2n) is 4.81. The number of carbonyl (C=O) groups excluding carboxylic acids is 1. The molecule has 1 aliphatic heterocycles. The number of hydrogen-bond acceptors (Lipinski definition) is 3. The molecule has 0 radical (unpaired) electrons. The zero-order valence-electron chi connectivity index (χ0n) is 11.3. The van der Waals surface area contributed by atoms with E-state index in [9.17, 15) is 18.0 Å². The van der Waals surface area contributed by atoms with Gasteiger partial charge in [-0.25, -0.2) is 0 Å². The Kier molecular flexibility index (Phi) is 6.57. The maximum absolute atomic E-state index is 12.5. The summed E-state index contributed by atoms with van der Waals surface area (Å²) in [5, 5.41) is 3.14. The van der Waals surface area contributed by atoms with Gasteiger partial charge in [0, 0.05) is 32.7 Å². The zero-order chi connectivity index (χ0) is 14.3. The van der Waals surface area contributed by atoms with Gasteiger partial charge in [0.05, 0.1) is 6.54 Å². The summed E-state index contributed by atoms with van der Waals surface area (Å²) in [6, 6.07) is 0. The molecule has 0 aromatic rings. The van der Waals surface area contributed by atoms with Crippen molar-refractivity contribution in [3.8, 4) is 0 Å². The highest BCUT2D eigenvalue weighted by Gasteiger charge is 2.33. The lowest BCUT2D eigenvalue weighted by atomic mass is 10.3. The number of halogens is 3. The Balaban J connectivity index is 2.49. The third-order valence-corrected chi connectivity index (χ3v) is 3.07. The molecular weight excluding hydrogens is 259 g/mol. The Bertz CT molecular complexity index is 278. The van der Waals surface area contributed by atoms with Crippen LogP contribution in [0.4, 0.5) is 13.2 Å².